The van der Waals surface area contributed by atoms with E-state index in [1.165, 1.54) is 19.5 Å². The maximum atomic E-state index is 12.0. The number of ether oxygens (including phenoxy) is 1. The Bertz CT molecular complexity index is 985. The van der Waals surface area contributed by atoms with Crippen molar-refractivity contribution < 1.29 is 19.6 Å². The van der Waals surface area contributed by atoms with Gasteiger partial charge in [-0.25, -0.2) is 10.1 Å². The smallest absolute Gasteiger partial charge is 0.330 e. The summed E-state index contributed by atoms with van der Waals surface area (Å²) in [5.41, 5.74) is 1.95. The number of methoxy groups -OCH3 is 1. The Morgan fingerprint density at radius 3 is 2.57 bits per heavy atom. The number of carboxylic acids is 1. The Balaban J connectivity index is 2.32. The van der Waals surface area contributed by atoms with Crippen LogP contribution in [0.2, 0.25) is 0 Å². The van der Waals surface area contributed by atoms with Gasteiger partial charge in [0.2, 0.25) is 0 Å². The van der Waals surface area contributed by atoms with E-state index in [0.717, 1.165) is 0 Å². The molecule has 3 N–H and O–H groups in total. The zero-order chi connectivity index (χ0) is 20.3. The van der Waals surface area contributed by atoms with Crippen molar-refractivity contribution in [1.29, 1.82) is 0 Å². The standard InChI is InChI=1S/C19H18N4O5/c1-11-15(17(23(26)27)21-12-7-9-20-10-8-12)13-5-3-4-6-14(13)16(19(24)25)22-18(11)28-2/h3-10,16,22H,1-2H3,(H,20,21)(H,24,25)/b17-15-. The summed E-state index contributed by atoms with van der Waals surface area (Å²) in [7, 11) is 1.38. The zero-order valence-electron chi connectivity index (χ0n) is 15.2. The van der Waals surface area contributed by atoms with E-state index in [1.54, 1.807) is 43.3 Å². The topological polar surface area (TPSA) is 127 Å². The maximum Gasteiger partial charge on any atom is 0.330 e. The van der Waals surface area contributed by atoms with Crippen molar-refractivity contribution in [3.8, 4) is 0 Å². The Morgan fingerprint density at radius 1 is 1.29 bits per heavy atom. The van der Waals surface area contributed by atoms with Gasteiger partial charge in [0.1, 0.15) is 5.69 Å². The van der Waals surface area contributed by atoms with Gasteiger partial charge in [-0.15, -0.1) is 0 Å². The molecule has 0 saturated carbocycles. The van der Waals surface area contributed by atoms with Crippen molar-refractivity contribution in [1.82, 2.24) is 10.3 Å². The van der Waals surface area contributed by atoms with Crippen LogP contribution in [0.25, 0.3) is 5.57 Å². The first-order chi connectivity index (χ1) is 13.4. The van der Waals surface area contributed by atoms with E-state index in [0.29, 0.717) is 22.4 Å². The predicted octanol–water partition coefficient (Wildman–Crippen LogP) is 2.75. The van der Waals surface area contributed by atoms with Crippen molar-refractivity contribution in [3.05, 3.63) is 87.3 Å². The fraction of sp³-hybridized carbons (Fsp3) is 0.158. The molecule has 9 heteroatoms. The summed E-state index contributed by atoms with van der Waals surface area (Å²) in [6, 6.07) is 8.74. The monoisotopic (exact) mass is 382 g/mol. The molecule has 0 fully saturated rings. The largest absolute Gasteiger partial charge is 0.482 e. The third kappa shape index (κ3) is 3.50. The molecule has 144 valence electrons. The molecule has 0 amide bonds. The van der Waals surface area contributed by atoms with Crippen molar-refractivity contribution in [3.63, 3.8) is 0 Å². The van der Waals surface area contributed by atoms with Gasteiger partial charge >= 0.3 is 11.8 Å². The SMILES string of the molecule is COC1=C(C)/C(=C(\Nc2ccncc2)[N+](=O)[O-])c2ccccc2C(C(=O)O)N1. The van der Waals surface area contributed by atoms with Crippen LogP contribution in [0, 0.1) is 10.1 Å². The maximum absolute atomic E-state index is 12.0. The Labute approximate surface area is 160 Å². The quantitative estimate of drug-likeness (QED) is 0.532. The van der Waals surface area contributed by atoms with Gasteiger partial charge in [-0.3, -0.25) is 4.98 Å². The molecule has 2 aromatic rings. The van der Waals surface area contributed by atoms with E-state index in [4.69, 9.17) is 4.74 Å². The molecule has 0 spiro atoms. The van der Waals surface area contributed by atoms with Crippen molar-refractivity contribution in [2.75, 3.05) is 12.4 Å². The number of nitro groups is 1. The molecular formula is C19H18N4O5. The number of hydrogen-bond acceptors (Lipinski definition) is 7. The molecule has 1 aromatic heterocycles. The van der Waals surface area contributed by atoms with Crippen LogP contribution in [0.1, 0.15) is 24.1 Å². The molecule has 0 bridgehead atoms. The van der Waals surface area contributed by atoms with Crippen LogP contribution in [-0.4, -0.2) is 28.1 Å². The number of aromatic nitrogens is 1. The summed E-state index contributed by atoms with van der Waals surface area (Å²) in [4.78, 5) is 27.1. The van der Waals surface area contributed by atoms with Gasteiger partial charge < -0.3 is 25.3 Å². The highest BCUT2D eigenvalue weighted by atomic mass is 16.6. The highest BCUT2D eigenvalue weighted by molar-refractivity contribution is 5.88. The molecular weight excluding hydrogens is 364 g/mol. The predicted molar refractivity (Wildman–Crippen MR) is 101 cm³/mol. The molecule has 1 aliphatic heterocycles. The first kappa shape index (κ1) is 18.9. The van der Waals surface area contributed by atoms with Crippen LogP contribution in [0.3, 0.4) is 0 Å². The van der Waals surface area contributed by atoms with E-state index >= 15 is 0 Å². The number of nitrogens with zero attached hydrogens (tertiary/aromatic N) is 2. The van der Waals surface area contributed by atoms with Crippen molar-refractivity contribution in [2.45, 2.75) is 13.0 Å². The number of allylic oxidation sites excluding steroid dienone is 2. The molecule has 1 unspecified atom stereocenters. The lowest BCUT2D eigenvalue weighted by Gasteiger charge is -2.16. The van der Waals surface area contributed by atoms with Crippen molar-refractivity contribution in [2.24, 2.45) is 0 Å². The summed E-state index contributed by atoms with van der Waals surface area (Å²) in [5.74, 6) is -1.27. The molecule has 1 atom stereocenters. The molecule has 0 aliphatic carbocycles. The van der Waals surface area contributed by atoms with E-state index in [-0.39, 0.29) is 17.3 Å². The van der Waals surface area contributed by atoms with E-state index < -0.39 is 16.9 Å². The normalized spacial score (nSPS) is 17.7. The fourth-order valence-corrected chi connectivity index (χ4v) is 3.09. The average Bonchev–Trinajstić information content (AvgIpc) is 2.81. The second kappa shape index (κ2) is 7.78. The van der Waals surface area contributed by atoms with E-state index in [9.17, 15) is 20.0 Å². The fourth-order valence-electron chi connectivity index (χ4n) is 3.09. The van der Waals surface area contributed by atoms with Gasteiger partial charge in [-0.2, -0.15) is 0 Å². The van der Waals surface area contributed by atoms with Crippen LogP contribution >= 0.6 is 0 Å². The minimum Gasteiger partial charge on any atom is -0.482 e. The number of carboxylic acid groups (broad SMARTS) is 1. The van der Waals surface area contributed by atoms with Crippen LogP contribution in [0.5, 0.6) is 0 Å². The molecule has 28 heavy (non-hydrogen) atoms. The summed E-state index contributed by atoms with van der Waals surface area (Å²) < 4.78 is 5.32. The first-order valence-corrected chi connectivity index (χ1v) is 8.33. The summed E-state index contributed by atoms with van der Waals surface area (Å²) in [5, 5.41) is 27.2. The van der Waals surface area contributed by atoms with Gasteiger partial charge in [0.25, 0.3) is 0 Å². The number of fused-ring (bicyclic) bond motifs is 1. The van der Waals surface area contributed by atoms with Crippen LogP contribution in [0.15, 0.2) is 66.1 Å². The molecule has 9 nitrogen and oxygen atoms in total. The third-order valence-electron chi connectivity index (χ3n) is 4.35. The number of benzene rings is 1. The number of nitrogens with one attached hydrogen (secondary N) is 2. The zero-order valence-corrected chi connectivity index (χ0v) is 15.2. The first-order valence-electron chi connectivity index (χ1n) is 8.33. The Kier molecular flexibility index (Phi) is 5.25. The van der Waals surface area contributed by atoms with Crippen LogP contribution in [-0.2, 0) is 9.53 Å². The second-order valence-electron chi connectivity index (χ2n) is 6.00. The van der Waals surface area contributed by atoms with Gasteiger partial charge in [-0.05, 0) is 23.0 Å². The lowest BCUT2D eigenvalue weighted by atomic mass is 9.92. The number of hydrogen-bond donors (Lipinski definition) is 3. The minimum absolute atomic E-state index is 0.148. The van der Waals surface area contributed by atoms with E-state index in [1.807, 2.05) is 0 Å². The molecule has 0 radical (unpaired) electrons. The van der Waals surface area contributed by atoms with Gasteiger partial charge in [0.05, 0.1) is 12.7 Å². The number of pyridine rings is 1. The van der Waals surface area contributed by atoms with E-state index in [2.05, 4.69) is 15.6 Å². The van der Waals surface area contributed by atoms with Gasteiger partial charge in [-0.1, -0.05) is 24.3 Å². The molecule has 0 saturated heterocycles. The molecule has 3 rings (SSSR count). The average molecular weight is 382 g/mol. The van der Waals surface area contributed by atoms with Gasteiger partial charge in [0, 0.05) is 30.1 Å². The summed E-state index contributed by atoms with van der Waals surface area (Å²) in [6.45, 7) is 1.64. The summed E-state index contributed by atoms with van der Waals surface area (Å²) >= 11 is 0. The third-order valence-corrected chi connectivity index (χ3v) is 4.35. The second-order valence-corrected chi connectivity index (χ2v) is 6.00. The molecule has 1 aromatic carbocycles. The number of anilines is 1. The summed E-state index contributed by atoms with van der Waals surface area (Å²) in [6.07, 6.45) is 3.02. The number of aliphatic carboxylic acids is 1. The van der Waals surface area contributed by atoms with Crippen molar-refractivity contribution >= 4 is 17.2 Å². The van der Waals surface area contributed by atoms with Crippen LogP contribution < -0.4 is 10.6 Å². The Hall–Kier alpha value is -3.88. The Morgan fingerprint density at radius 2 is 1.96 bits per heavy atom. The molecule has 2 heterocycles. The highest BCUT2D eigenvalue weighted by Gasteiger charge is 2.34. The molecule has 1 aliphatic rings. The lowest BCUT2D eigenvalue weighted by Crippen LogP contribution is -2.28. The highest BCUT2D eigenvalue weighted by Crippen LogP contribution is 2.37. The number of rotatable bonds is 5. The minimum atomic E-state index is -1.12. The lowest BCUT2D eigenvalue weighted by molar-refractivity contribution is -0.421. The van der Waals surface area contributed by atoms with Gasteiger partial charge in [0.15, 0.2) is 11.9 Å². The van der Waals surface area contributed by atoms with Crippen LogP contribution in [0.4, 0.5) is 5.69 Å². The number of carbonyl (C=O) groups is 1.